The van der Waals surface area contributed by atoms with Crippen LogP contribution in [0.5, 0.6) is 5.75 Å². The monoisotopic (exact) mass is 289 g/mol. The SMILES string of the molecule is CC1CCCC(O)(CNC(C)c2ccc3c(c2)CCO3)C1. The number of aliphatic hydroxyl groups is 1. The molecule has 0 amide bonds. The Hall–Kier alpha value is -1.06. The largest absolute Gasteiger partial charge is 0.493 e. The zero-order valence-electron chi connectivity index (χ0n) is 13.2. The molecule has 1 saturated carbocycles. The van der Waals surface area contributed by atoms with Crippen molar-refractivity contribution in [3.8, 4) is 5.75 Å². The highest BCUT2D eigenvalue weighted by Gasteiger charge is 2.32. The molecule has 3 heteroatoms. The van der Waals surface area contributed by atoms with Gasteiger partial charge in [-0.05, 0) is 42.9 Å². The fourth-order valence-electron chi connectivity index (χ4n) is 3.73. The Morgan fingerprint density at radius 1 is 1.48 bits per heavy atom. The van der Waals surface area contributed by atoms with Crippen LogP contribution in [0.25, 0.3) is 0 Å². The molecule has 0 spiro atoms. The van der Waals surface area contributed by atoms with Crippen LogP contribution in [-0.4, -0.2) is 23.9 Å². The summed E-state index contributed by atoms with van der Waals surface area (Å²) in [4.78, 5) is 0. The molecule has 1 heterocycles. The van der Waals surface area contributed by atoms with Crippen molar-refractivity contribution in [1.29, 1.82) is 0 Å². The Kier molecular flexibility index (Phi) is 4.23. The quantitative estimate of drug-likeness (QED) is 0.894. The van der Waals surface area contributed by atoms with Gasteiger partial charge in [-0.2, -0.15) is 0 Å². The van der Waals surface area contributed by atoms with Crippen LogP contribution in [0.3, 0.4) is 0 Å². The molecule has 1 aromatic rings. The first-order chi connectivity index (χ1) is 10.1. The minimum atomic E-state index is -0.522. The fraction of sp³-hybridized carbons (Fsp3) is 0.667. The van der Waals surface area contributed by atoms with Crippen LogP contribution in [0.1, 0.15) is 56.7 Å². The van der Waals surface area contributed by atoms with Crippen molar-refractivity contribution in [2.45, 2.75) is 57.6 Å². The summed E-state index contributed by atoms with van der Waals surface area (Å²) in [5.74, 6) is 1.67. The van der Waals surface area contributed by atoms with E-state index in [9.17, 15) is 5.11 Å². The third-order valence-corrected chi connectivity index (χ3v) is 5.02. The lowest BCUT2D eigenvalue weighted by atomic mass is 9.79. The Labute approximate surface area is 127 Å². The summed E-state index contributed by atoms with van der Waals surface area (Å²) >= 11 is 0. The molecule has 2 aliphatic rings. The van der Waals surface area contributed by atoms with Crippen molar-refractivity contribution in [3.63, 3.8) is 0 Å². The maximum Gasteiger partial charge on any atom is 0.122 e. The second kappa shape index (κ2) is 5.98. The first-order valence-corrected chi connectivity index (χ1v) is 8.27. The minimum Gasteiger partial charge on any atom is -0.493 e. The van der Waals surface area contributed by atoms with Gasteiger partial charge in [0.15, 0.2) is 0 Å². The number of benzene rings is 1. The standard InChI is InChI=1S/C18H27NO2/c1-13-4-3-8-18(20,11-13)12-19-14(2)15-5-6-17-16(10-15)7-9-21-17/h5-6,10,13-14,19-20H,3-4,7-9,11-12H2,1-2H3. The van der Waals surface area contributed by atoms with E-state index in [1.165, 1.54) is 17.5 Å². The van der Waals surface area contributed by atoms with Crippen LogP contribution in [0.2, 0.25) is 0 Å². The van der Waals surface area contributed by atoms with E-state index in [1.807, 2.05) is 0 Å². The number of ether oxygens (including phenoxy) is 1. The van der Waals surface area contributed by atoms with Gasteiger partial charge in [0, 0.05) is 19.0 Å². The lowest BCUT2D eigenvalue weighted by Crippen LogP contribution is -2.44. The summed E-state index contributed by atoms with van der Waals surface area (Å²) in [5, 5.41) is 14.2. The van der Waals surface area contributed by atoms with Gasteiger partial charge < -0.3 is 15.2 Å². The van der Waals surface area contributed by atoms with Crippen LogP contribution in [0.15, 0.2) is 18.2 Å². The van der Waals surface area contributed by atoms with E-state index in [2.05, 4.69) is 37.4 Å². The van der Waals surface area contributed by atoms with Crippen molar-refractivity contribution in [2.75, 3.05) is 13.2 Å². The summed E-state index contributed by atoms with van der Waals surface area (Å²) in [7, 11) is 0. The molecule has 0 aromatic heterocycles. The molecule has 116 valence electrons. The highest BCUT2D eigenvalue weighted by atomic mass is 16.5. The molecule has 2 N–H and O–H groups in total. The van der Waals surface area contributed by atoms with Gasteiger partial charge in [-0.25, -0.2) is 0 Å². The van der Waals surface area contributed by atoms with E-state index in [1.54, 1.807) is 0 Å². The lowest BCUT2D eigenvalue weighted by Gasteiger charge is -2.36. The molecule has 0 radical (unpaired) electrons. The van der Waals surface area contributed by atoms with Crippen LogP contribution in [0, 0.1) is 5.92 Å². The molecule has 1 aliphatic carbocycles. The third-order valence-electron chi connectivity index (χ3n) is 5.02. The molecule has 0 bridgehead atoms. The molecule has 21 heavy (non-hydrogen) atoms. The van der Waals surface area contributed by atoms with E-state index in [0.29, 0.717) is 12.5 Å². The van der Waals surface area contributed by atoms with E-state index >= 15 is 0 Å². The number of fused-ring (bicyclic) bond motifs is 1. The molecule has 0 saturated heterocycles. The van der Waals surface area contributed by atoms with E-state index in [-0.39, 0.29) is 6.04 Å². The predicted octanol–water partition coefficient (Wildman–Crippen LogP) is 3.21. The molecular weight excluding hydrogens is 262 g/mol. The summed E-state index contributed by atoms with van der Waals surface area (Å²) < 4.78 is 5.56. The number of nitrogens with one attached hydrogen (secondary N) is 1. The molecule has 3 nitrogen and oxygen atoms in total. The average Bonchev–Trinajstić information content (AvgIpc) is 2.92. The van der Waals surface area contributed by atoms with Crippen molar-refractivity contribution in [1.82, 2.24) is 5.32 Å². The Balaban J connectivity index is 1.60. The molecule has 1 aliphatic heterocycles. The van der Waals surface area contributed by atoms with Gasteiger partial charge in [0.2, 0.25) is 0 Å². The fourth-order valence-corrected chi connectivity index (χ4v) is 3.73. The van der Waals surface area contributed by atoms with Crippen LogP contribution < -0.4 is 10.1 Å². The van der Waals surface area contributed by atoms with E-state index < -0.39 is 5.60 Å². The molecule has 3 atom stereocenters. The highest BCUT2D eigenvalue weighted by Crippen LogP contribution is 2.32. The van der Waals surface area contributed by atoms with Crippen LogP contribution in [0.4, 0.5) is 0 Å². The number of hydrogen-bond acceptors (Lipinski definition) is 3. The lowest BCUT2D eigenvalue weighted by molar-refractivity contribution is -0.0134. The number of rotatable bonds is 4. The molecular formula is C18H27NO2. The van der Waals surface area contributed by atoms with Crippen molar-refractivity contribution in [3.05, 3.63) is 29.3 Å². The third kappa shape index (κ3) is 3.41. The molecule has 3 unspecified atom stereocenters. The second-order valence-electron chi connectivity index (χ2n) is 6.99. The topological polar surface area (TPSA) is 41.5 Å². The Bertz CT molecular complexity index is 502. The highest BCUT2D eigenvalue weighted by molar-refractivity contribution is 5.40. The first-order valence-electron chi connectivity index (χ1n) is 8.27. The molecule has 3 rings (SSSR count). The average molecular weight is 289 g/mol. The first kappa shape index (κ1) is 14.9. The van der Waals surface area contributed by atoms with Crippen molar-refractivity contribution < 1.29 is 9.84 Å². The maximum atomic E-state index is 10.7. The van der Waals surface area contributed by atoms with Crippen LogP contribution in [-0.2, 0) is 6.42 Å². The van der Waals surface area contributed by atoms with E-state index in [0.717, 1.165) is 38.0 Å². The normalized spacial score (nSPS) is 29.8. The summed E-state index contributed by atoms with van der Waals surface area (Å²) in [6.45, 7) is 5.91. The van der Waals surface area contributed by atoms with Crippen LogP contribution >= 0.6 is 0 Å². The van der Waals surface area contributed by atoms with Gasteiger partial charge in [-0.3, -0.25) is 0 Å². The summed E-state index contributed by atoms with van der Waals surface area (Å²) in [5.41, 5.74) is 2.07. The van der Waals surface area contributed by atoms with Crippen molar-refractivity contribution in [2.24, 2.45) is 5.92 Å². The predicted molar refractivity (Wildman–Crippen MR) is 84.6 cm³/mol. The van der Waals surface area contributed by atoms with Gasteiger partial charge in [-0.1, -0.05) is 31.9 Å². The zero-order chi connectivity index (χ0) is 14.9. The Morgan fingerprint density at radius 3 is 3.14 bits per heavy atom. The number of hydrogen-bond donors (Lipinski definition) is 2. The van der Waals surface area contributed by atoms with Gasteiger partial charge in [0.25, 0.3) is 0 Å². The van der Waals surface area contributed by atoms with Crippen molar-refractivity contribution >= 4 is 0 Å². The molecule has 1 fully saturated rings. The van der Waals surface area contributed by atoms with Gasteiger partial charge >= 0.3 is 0 Å². The van der Waals surface area contributed by atoms with Gasteiger partial charge in [0.05, 0.1) is 12.2 Å². The van der Waals surface area contributed by atoms with Gasteiger partial charge in [-0.15, -0.1) is 0 Å². The molecule has 1 aromatic carbocycles. The Morgan fingerprint density at radius 2 is 2.33 bits per heavy atom. The maximum absolute atomic E-state index is 10.7. The minimum absolute atomic E-state index is 0.261. The summed E-state index contributed by atoms with van der Waals surface area (Å²) in [6.07, 6.45) is 5.25. The smallest absolute Gasteiger partial charge is 0.122 e. The van der Waals surface area contributed by atoms with E-state index in [4.69, 9.17) is 4.74 Å². The second-order valence-corrected chi connectivity index (χ2v) is 6.99. The van der Waals surface area contributed by atoms with Gasteiger partial charge in [0.1, 0.15) is 5.75 Å². The zero-order valence-corrected chi connectivity index (χ0v) is 13.2. The summed E-state index contributed by atoms with van der Waals surface area (Å²) in [6, 6.07) is 6.72.